The summed E-state index contributed by atoms with van der Waals surface area (Å²) in [6, 6.07) is 0. The molecule has 2 N–H and O–H groups in total. The maximum absolute atomic E-state index is 9.86. The molecule has 1 radical (unpaired) electrons. The van der Waals surface area contributed by atoms with Gasteiger partial charge in [-0.15, -0.1) is 0 Å². The predicted molar refractivity (Wildman–Crippen MR) is 34.7 cm³/mol. The topological polar surface area (TPSA) is 55.1 Å². The average molecular weight is 132 g/mol. The van der Waals surface area contributed by atoms with Crippen molar-refractivity contribution < 1.29 is 9.84 Å². The molecule has 0 rings (SSSR count). The quantitative estimate of drug-likeness (QED) is 0.524. The normalized spacial score (nSPS) is 10.0. The van der Waals surface area contributed by atoms with Crippen molar-refractivity contribution in [3.8, 4) is 0 Å². The first-order valence-electron chi connectivity index (χ1n) is 3.27. The highest BCUT2D eigenvalue weighted by Crippen LogP contribution is 1.82. The second-order valence-electron chi connectivity index (χ2n) is 1.81. The fraction of sp³-hybridized carbons (Fsp3) is 1.00. The van der Waals surface area contributed by atoms with E-state index in [1.54, 1.807) is 0 Å². The van der Waals surface area contributed by atoms with Crippen molar-refractivity contribution in [3.05, 3.63) is 0 Å². The van der Waals surface area contributed by atoms with Crippen molar-refractivity contribution in [2.75, 3.05) is 26.4 Å². The van der Waals surface area contributed by atoms with Gasteiger partial charge in [-0.1, -0.05) is 0 Å². The van der Waals surface area contributed by atoms with Gasteiger partial charge in [-0.05, 0) is 19.4 Å². The summed E-state index contributed by atoms with van der Waals surface area (Å²) >= 11 is 0. The first-order chi connectivity index (χ1) is 4.41. The molecule has 0 saturated heterocycles. The van der Waals surface area contributed by atoms with Gasteiger partial charge in [0.1, 0.15) is 0 Å². The molecular weight excluding hydrogens is 118 g/mol. The molecule has 0 aliphatic heterocycles. The van der Waals surface area contributed by atoms with Crippen LogP contribution in [0.1, 0.15) is 12.8 Å². The zero-order valence-electron chi connectivity index (χ0n) is 5.64. The molecule has 0 spiro atoms. The SMILES string of the molecule is NCCCOCCC[O]. The van der Waals surface area contributed by atoms with E-state index in [0.717, 1.165) is 6.42 Å². The van der Waals surface area contributed by atoms with E-state index in [1.807, 2.05) is 0 Å². The number of hydrogen-bond donors (Lipinski definition) is 1. The predicted octanol–water partition coefficient (Wildman–Crippen LogP) is 0.172. The first kappa shape index (κ1) is 8.88. The maximum Gasteiger partial charge on any atom is 0.0844 e. The van der Waals surface area contributed by atoms with Gasteiger partial charge in [-0.25, -0.2) is 5.11 Å². The number of rotatable bonds is 6. The highest BCUT2D eigenvalue weighted by atomic mass is 16.5. The molecule has 0 saturated carbocycles. The molecule has 3 nitrogen and oxygen atoms in total. The zero-order chi connectivity index (χ0) is 6.95. The molecule has 0 bridgehead atoms. The standard InChI is InChI=1S/C6H14NO2/c7-3-1-5-9-6-2-4-8/h1-7H2. The maximum atomic E-state index is 9.86. The van der Waals surface area contributed by atoms with Crippen molar-refractivity contribution in [3.63, 3.8) is 0 Å². The van der Waals surface area contributed by atoms with Crippen LogP contribution < -0.4 is 5.73 Å². The molecule has 0 aliphatic rings. The molecule has 0 amide bonds. The summed E-state index contributed by atoms with van der Waals surface area (Å²) in [5.41, 5.74) is 5.20. The van der Waals surface area contributed by atoms with Crippen LogP contribution in [0.25, 0.3) is 0 Å². The van der Waals surface area contributed by atoms with Crippen molar-refractivity contribution in [1.29, 1.82) is 0 Å². The van der Waals surface area contributed by atoms with E-state index in [4.69, 9.17) is 10.5 Å². The molecule has 0 fully saturated rings. The van der Waals surface area contributed by atoms with Crippen LogP contribution in [0.5, 0.6) is 0 Å². The lowest BCUT2D eigenvalue weighted by molar-refractivity contribution is 0.0984. The molecule has 0 heterocycles. The Labute approximate surface area is 55.8 Å². The summed E-state index contributed by atoms with van der Waals surface area (Å²) in [4.78, 5) is 0. The highest BCUT2D eigenvalue weighted by Gasteiger charge is 1.85. The van der Waals surface area contributed by atoms with Crippen LogP contribution in [-0.2, 0) is 9.84 Å². The van der Waals surface area contributed by atoms with Crippen molar-refractivity contribution in [1.82, 2.24) is 0 Å². The van der Waals surface area contributed by atoms with Gasteiger partial charge < -0.3 is 10.5 Å². The fourth-order valence-corrected chi connectivity index (χ4v) is 0.448. The summed E-state index contributed by atoms with van der Waals surface area (Å²) in [6.07, 6.45) is 1.50. The molecule has 55 valence electrons. The third-order valence-corrected chi connectivity index (χ3v) is 0.926. The average Bonchev–Trinajstić information content (AvgIpc) is 1.89. The van der Waals surface area contributed by atoms with Crippen LogP contribution in [0.3, 0.4) is 0 Å². The lowest BCUT2D eigenvalue weighted by Crippen LogP contribution is -2.05. The van der Waals surface area contributed by atoms with E-state index < -0.39 is 0 Å². The Morgan fingerprint density at radius 1 is 1.22 bits per heavy atom. The van der Waals surface area contributed by atoms with Gasteiger partial charge in [-0.3, -0.25) is 0 Å². The Bertz CT molecular complexity index is 44.3. The second kappa shape index (κ2) is 7.88. The van der Waals surface area contributed by atoms with Gasteiger partial charge in [0.15, 0.2) is 0 Å². The Balaban J connectivity index is 2.60. The summed E-state index contributed by atoms with van der Waals surface area (Å²) in [7, 11) is 0. The lowest BCUT2D eigenvalue weighted by Gasteiger charge is -1.98. The van der Waals surface area contributed by atoms with E-state index in [-0.39, 0.29) is 6.61 Å². The van der Waals surface area contributed by atoms with Crippen LogP contribution >= 0.6 is 0 Å². The van der Waals surface area contributed by atoms with Crippen molar-refractivity contribution in [2.45, 2.75) is 12.8 Å². The molecule has 0 unspecified atom stereocenters. The van der Waals surface area contributed by atoms with Crippen molar-refractivity contribution in [2.24, 2.45) is 5.73 Å². The van der Waals surface area contributed by atoms with Gasteiger partial charge in [0.25, 0.3) is 0 Å². The molecule has 0 aliphatic carbocycles. The Morgan fingerprint density at radius 3 is 2.44 bits per heavy atom. The monoisotopic (exact) mass is 132 g/mol. The summed E-state index contributed by atoms with van der Waals surface area (Å²) < 4.78 is 5.03. The molecule has 0 atom stereocenters. The third kappa shape index (κ3) is 7.88. The Kier molecular flexibility index (Phi) is 7.77. The van der Waals surface area contributed by atoms with E-state index in [2.05, 4.69) is 0 Å². The van der Waals surface area contributed by atoms with Gasteiger partial charge in [0, 0.05) is 13.2 Å². The third-order valence-electron chi connectivity index (χ3n) is 0.926. The van der Waals surface area contributed by atoms with E-state index in [0.29, 0.717) is 26.2 Å². The van der Waals surface area contributed by atoms with Crippen LogP contribution in [0.15, 0.2) is 0 Å². The van der Waals surface area contributed by atoms with E-state index in [9.17, 15) is 5.11 Å². The van der Waals surface area contributed by atoms with Crippen LogP contribution in [-0.4, -0.2) is 26.4 Å². The number of hydrogen-bond acceptors (Lipinski definition) is 2. The van der Waals surface area contributed by atoms with E-state index >= 15 is 0 Å². The minimum absolute atomic E-state index is 0.0391. The van der Waals surface area contributed by atoms with Crippen LogP contribution in [0, 0.1) is 0 Å². The second-order valence-corrected chi connectivity index (χ2v) is 1.81. The Morgan fingerprint density at radius 2 is 1.89 bits per heavy atom. The van der Waals surface area contributed by atoms with Gasteiger partial charge in [0.05, 0.1) is 6.61 Å². The van der Waals surface area contributed by atoms with Crippen LogP contribution in [0.4, 0.5) is 0 Å². The molecule has 0 aromatic rings. The highest BCUT2D eigenvalue weighted by molar-refractivity contribution is 4.36. The Hall–Kier alpha value is -0.120. The largest absolute Gasteiger partial charge is 0.381 e. The molecular formula is C6H14NO2. The lowest BCUT2D eigenvalue weighted by atomic mass is 10.4. The minimum Gasteiger partial charge on any atom is -0.381 e. The van der Waals surface area contributed by atoms with Crippen LogP contribution in [0.2, 0.25) is 0 Å². The summed E-state index contributed by atoms with van der Waals surface area (Å²) in [6.45, 7) is 1.90. The molecule has 0 aromatic carbocycles. The number of nitrogens with two attached hydrogens (primary N) is 1. The molecule has 0 aromatic heterocycles. The van der Waals surface area contributed by atoms with Gasteiger partial charge >= 0.3 is 0 Å². The molecule has 3 heteroatoms. The minimum atomic E-state index is -0.0391. The summed E-state index contributed by atoms with van der Waals surface area (Å²) in [5, 5.41) is 9.86. The van der Waals surface area contributed by atoms with Gasteiger partial charge in [-0.2, -0.15) is 0 Å². The first-order valence-corrected chi connectivity index (χ1v) is 3.27. The van der Waals surface area contributed by atoms with Gasteiger partial charge in [0.2, 0.25) is 0 Å². The fourth-order valence-electron chi connectivity index (χ4n) is 0.448. The van der Waals surface area contributed by atoms with E-state index in [1.165, 1.54) is 0 Å². The molecule has 9 heavy (non-hydrogen) atoms. The van der Waals surface area contributed by atoms with Crippen molar-refractivity contribution >= 4 is 0 Å². The number of ether oxygens (including phenoxy) is 1. The smallest absolute Gasteiger partial charge is 0.0844 e. The zero-order valence-corrected chi connectivity index (χ0v) is 5.64. The summed E-state index contributed by atoms with van der Waals surface area (Å²) in [5.74, 6) is 0.